The molecule has 2 atom stereocenters. The summed E-state index contributed by atoms with van der Waals surface area (Å²) in [6.45, 7) is 0.524. The molecular weight excluding hydrogens is 436 g/mol. The van der Waals surface area contributed by atoms with Gasteiger partial charge < -0.3 is 19.9 Å². The number of aromatic nitrogens is 5. The molecule has 0 spiro atoms. The number of ether oxygens (including phenoxy) is 2. The maximum absolute atomic E-state index is 13.1. The van der Waals surface area contributed by atoms with E-state index in [0.29, 0.717) is 45.5 Å². The minimum atomic E-state index is -0.712. The van der Waals surface area contributed by atoms with Gasteiger partial charge in [-0.3, -0.25) is 9.48 Å². The molecule has 10 nitrogen and oxygen atoms in total. The second-order valence-electron chi connectivity index (χ2n) is 7.29. The number of aliphatic hydroxyl groups excluding tert-OH is 1. The second kappa shape index (κ2) is 8.23. The Kier molecular flexibility index (Phi) is 5.25. The van der Waals surface area contributed by atoms with Crippen LogP contribution in [-0.2, 0) is 4.74 Å². The Morgan fingerprint density at radius 2 is 2.25 bits per heavy atom. The first-order chi connectivity index (χ1) is 15.5. The number of hydrogen-bond acceptors (Lipinski definition) is 7. The molecule has 5 rings (SSSR count). The van der Waals surface area contributed by atoms with Gasteiger partial charge in [0.1, 0.15) is 29.2 Å². The van der Waals surface area contributed by atoms with E-state index in [4.69, 9.17) is 21.1 Å². The number of carbonyl (C=O) groups excluding carboxylic acids is 1. The molecule has 4 heterocycles. The maximum Gasteiger partial charge on any atom is 0.261 e. The zero-order chi connectivity index (χ0) is 22.2. The summed E-state index contributed by atoms with van der Waals surface area (Å²) in [6, 6.07) is 6.48. The van der Waals surface area contributed by atoms with E-state index < -0.39 is 12.0 Å². The van der Waals surface area contributed by atoms with E-state index in [-0.39, 0.29) is 12.6 Å². The summed E-state index contributed by atoms with van der Waals surface area (Å²) in [6.07, 6.45) is 5.71. The minimum absolute atomic E-state index is 0.218. The topological polar surface area (TPSA) is 116 Å². The van der Waals surface area contributed by atoms with Gasteiger partial charge in [-0.05, 0) is 24.3 Å². The van der Waals surface area contributed by atoms with E-state index in [2.05, 4.69) is 20.5 Å². The monoisotopic (exact) mass is 454 g/mol. The average Bonchev–Trinajstić information content (AvgIpc) is 3.51. The number of nitrogens with zero attached hydrogens (tertiary/aromatic N) is 5. The van der Waals surface area contributed by atoms with Crippen molar-refractivity contribution in [3.8, 4) is 17.0 Å². The van der Waals surface area contributed by atoms with Crippen molar-refractivity contribution >= 4 is 28.8 Å². The Balaban J connectivity index is 1.58. The highest BCUT2D eigenvalue weighted by molar-refractivity contribution is 6.31. The molecule has 1 aromatic carbocycles. The maximum atomic E-state index is 13.1. The van der Waals surface area contributed by atoms with E-state index >= 15 is 0 Å². The van der Waals surface area contributed by atoms with Gasteiger partial charge in [-0.1, -0.05) is 11.6 Å². The molecule has 0 bridgehead atoms. The Morgan fingerprint density at radius 1 is 1.38 bits per heavy atom. The second-order valence-corrected chi connectivity index (χ2v) is 7.72. The molecule has 4 aromatic rings. The van der Waals surface area contributed by atoms with Crippen LogP contribution in [0, 0.1) is 0 Å². The van der Waals surface area contributed by atoms with Crippen molar-refractivity contribution in [2.24, 2.45) is 0 Å². The summed E-state index contributed by atoms with van der Waals surface area (Å²) in [4.78, 5) is 17.3. The lowest BCUT2D eigenvalue weighted by Gasteiger charge is -2.12. The lowest BCUT2D eigenvalue weighted by molar-refractivity contribution is 0.102. The third-order valence-electron chi connectivity index (χ3n) is 5.28. The number of anilines is 1. The number of carbonyl (C=O) groups is 1. The third kappa shape index (κ3) is 3.58. The highest BCUT2D eigenvalue weighted by Gasteiger charge is 2.30. The quantitative estimate of drug-likeness (QED) is 0.475. The van der Waals surface area contributed by atoms with E-state index in [1.807, 2.05) is 0 Å². The number of aliphatic hydroxyl groups is 1. The van der Waals surface area contributed by atoms with Crippen LogP contribution < -0.4 is 10.1 Å². The van der Waals surface area contributed by atoms with Gasteiger partial charge in [0.05, 0.1) is 32.2 Å². The van der Waals surface area contributed by atoms with E-state index in [1.54, 1.807) is 54.6 Å². The molecule has 1 amide bonds. The van der Waals surface area contributed by atoms with Crippen molar-refractivity contribution < 1.29 is 19.4 Å². The predicted octanol–water partition coefficient (Wildman–Crippen LogP) is 2.44. The van der Waals surface area contributed by atoms with Gasteiger partial charge in [0, 0.05) is 29.2 Å². The van der Waals surface area contributed by atoms with Gasteiger partial charge in [0.25, 0.3) is 5.91 Å². The van der Waals surface area contributed by atoms with Crippen molar-refractivity contribution in [1.29, 1.82) is 0 Å². The zero-order valence-electron chi connectivity index (χ0n) is 17.0. The van der Waals surface area contributed by atoms with Gasteiger partial charge in [-0.15, -0.1) is 0 Å². The number of benzene rings is 1. The van der Waals surface area contributed by atoms with Crippen LogP contribution in [0.3, 0.4) is 0 Å². The van der Waals surface area contributed by atoms with Crippen molar-refractivity contribution in [2.75, 3.05) is 25.6 Å². The fourth-order valence-corrected chi connectivity index (χ4v) is 3.85. The molecule has 11 heteroatoms. The largest absolute Gasteiger partial charge is 0.496 e. The summed E-state index contributed by atoms with van der Waals surface area (Å²) >= 11 is 6.23. The fraction of sp³-hybridized carbons (Fsp3) is 0.238. The van der Waals surface area contributed by atoms with Crippen molar-refractivity contribution in [3.63, 3.8) is 0 Å². The lowest BCUT2D eigenvalue weighted by Crippen LogP contribution is -2.22. The number of amides is 1. The molecule has 0 saturated carbocycles. The van der Waals surface area contributed by atoms with Crippen LogP contribution in [0.15, 0.2) is 49.1 Å². The summed E-state index contributed by atoms with van der Waals surface area (Å²) < 4.78 is 14.0. The molecule has 1 aliphatic rings. The Hall–Kier alpha value is -3.47. The summed E-state index contributed by atoms with van der Waals surface area (Å²) in [7, 11) is 1.54. The molecule has 1 saturated heterocycles. The number of methoxy groups -OCH3 is 1. The Bertz CT molecular complexity index is 1300. The van der Waals surface area contributed by atoms with Crippen molar-refractivity contribution in [3.05, 3.63) is 59.6 Å². The van der Waals surface area contributed by atoms with Gasteiger partial charge in [-0.25, -0.2) is 9.50 Å². The highest BCUT2D eigenvalue weighted by atomic mass is 35.5. The van der Waals surface area contributed by atoms with E-state index in [1.165, 1.54) is 10.7 Å². The first kappa shape index (κ1) is 20.4. The predicted molar refractivity (Wildman–Crippen MR) is 116 cm³/mol. The van der Waals surface area contributed by atoms with Gasteiger partial charge in [0.2, 0.25) is 0 Å². The SMILES string of the molecule is COc1ccc(Cl)cc1-c1nn([C@H]2COC[C@@H]2O)cc1NC(=O)c1cnn2cccnc12. The molecule has 164 valence electrons. The number of rotatable bonds is 5. The van der Waals surface area contributed by atoms with Crippen LogP contribution >= 0.6 is 11.6 Å². The highest BCUT2D eigenvalue weighted by Crippen LogP contribution is 2.37. The normalized spacial score (nSPS) is 18.2. The van der Waals surface area contributed by atoms with Crippen LogP contribution in [0.1, 0.15) is 16.4 Å². The lowest BCUT2D eigenvalue weighted by atomic mass is 10.1. The van der Waals surface area contributed by atoms with E-state index in [9.17, 15) is 9.90 Å². The molecular formula is C21H19ClN6O4. The number of hydrogen-bond donors (Lipinski definition) is 2. The number of halogens is 1. The summed E-state index contributed by atoms with van der Waals surface area (Å²) in [5, 5.41) is 22.5. The van der Waals surface area contributed by atoms with Gasteiger partial charge in [-0.2, -0.15) is 10.2 Å². The molecule has 3 aromatic heterocycles. The van der Waals surface area contributed by atoms with Crippen LogP contribution in [0.4, 0.5) is 5.69 Å². The third-order valence-corrected chi connectivity index (χ3v) is 5.52. The van der Waals surface area contributed by atoms with Crippen LogP contribution in [-0.4, -0.2) is 61.8 Å². The van der Waals surface area contributed by atoms with Crippen LogP contribution in [0.5, 0.6) is 5.75 Å². The van der Waals surface area contributed by atoms with Crippen molar-refractivity contribution in [2.45, 2.75) is 12.1 Å². The summed E-state index contributed by atoms with van der Waals surface area (Å²) in [5.41, 5.74) is 2.21. The summed E-state index contributed by atoms with van der Waals surface area (Å²) in [5.74, 6) is 0.139. The van der Waals surface area contributed by atoms with Gasteiger partial charge >= 0.3 is 0 Å². The molecule has 2 N–H and O–H groups in total. The Morgan fingerprint density at radius 3 is 3.03 bits per heavy atom. The molecule has 32 heavy (non-hydrogen) atoms. The van der Waals surface area contributed by atoms with Gasteiger partial charge in [0.15, 0.2) is 5.65 Å². The molecule has 1 aliphatic heterocycles. The zero-order valence-corrected chi connectivity index (χ0v) is 17.7. The first-order valence-electron chi connectivity index (χ1n) is 9.83. The van der Waals surface area contributed by atoms with Crippen LogP contribution in [0.25, 0.3) is 16.9 Å². The number of fused-ring (bicyclic) bond motifs is 1. The Labute approximate surface area is 187 Å². The first-order valence-corrected chi connectivity index (χ1v) is 10.2. The van der Waals surface area contributed by atoms with Crippen LogP contribution in [0.2, 0.25) is 5.02 Å². The molecule has 0 unspecified atom stereocenters. The molecule has 0 radical (unpaired) electrons. The smallest absolute Gasteiger partial charge is 0.261 e. The average molecular weight is 455 g/mol. The molecule has 1 fully saturated rings. The van der Waals surface area contributed by atoms with Crippen molar-refractivity contribution in [1.82, 2.24) is 24.4 Å². The fourth-order valence-electron chi connectivity index (χ4n) is 3.68. The minimum Gasteiger partial charge on any atom is -0.496 e. The number of nitrogens with one attached hydrogen (secondary N) is 1. The molecule has 0 aliphatic carbocycles. The van der Waals surface area contributed by atoms with E-state index in [0.717, 1.165) is 0 Å². The standard InChI is InChI=1S/C21H19ClN6O4/c1-31-18-4-3-12(22)7-13(18)19-15(9-28(26-19)16-10-32-11-17(16)29)25-21(30)14-8-24-27-6-2-5-23-20(14)27/h2-9,16-17,29H,10-11H2,1H3,(H,25,30)/t16-,17-/m0/s1.